The monoisotopic (exact) mass is 377 g/mol. The standard InChI is InChI=1S/C18H19NO6S/c1-23-18(20)14-5-3-13(4-6-14)12-19-26(21,22)15-7-8-16-17(11-15)25-10-2-9-24-16/h3-8,11,19H,2,9-10,12H2,1H3. The first-order valence-electron chi connectivity index (χ1n) is 8.06. The molecule has 0 atom stereocenters. The summed E-state index contributed by atoms with van der Waals surface area (Å²) < 4.78 is 43.2. The van der Waals surface area contributed by atoms with Gasteiger partial charge in [0.25, 0.3) is 0 Å². The number of benzene rings is 2. The van der Waals surface area contributed by atoms with Crippen LogP contribution in [-0.4, -0.2) is 34.7 Å². The van der Waals surface area contributed by atoms with Crippen molar-refractivity contribution in [1.82, 2.24) is 4.72 Å². The van der Waals surface area contributed by atoms with Crippen LogP contribution in [0, 0.1) is 0 Å². The zero-order valence-electron chi connectivity index (χ0n) is 14.2. The molecule has 0 fully saturated rings. The molecule has 1 heterocycles. The molecular weight excluding hydrogens is 358 g/mol. The van der Waals surface area contributed by atoms with Gasteiger partial charge in [-0.25, -0.2) is 17.9 Å². The Bertz CT molecular complexity index is 892. The molecule has 0 aromatic heterocycles. The number of fused-ring (bicyclic) bond motifs is 1. The van der Waals surface area contributed by atoms with Gasteiger partial charge in [0.05, 0.1) is 30.8 Å². The SMILES string of the molecule is COC(=O)c1ccc(CNS(=O)(=O)c2ccc3c(c2)OCCCO3)cc1. The van der Waals surface area contributed by atoms with E-state index in [0.29, 0.717) is 30.3 Å². The first-order chi connectivity index (χ1) is 12.5. The van der Waals surface area contributed by atoms with Crippen LogP contribution in [0.1, 0.15) is 22.3 Å². The molecule has 0 saturated carbocycles. The van der Waals surface area contributed by atoms with E-state index in [-0.39, 0.29) is 11.4 Å². The Labute approximate surface area is 151 Å². The van der Waals surface area contributed by atoms with Crippen LogP contribution in [0.5, 0.6) is 11.5 Å². The van der Waals surface area contributed by atoms with E-state index in [2.05, 4.69) is 9.46 Å². The van der Waals surface area contributed by atoms with Gasteiger partial charge >= 0.3 is 5.97 Å². The summed E-state index contributed by atoms with van der Waals surface area (Å²) in [6.45, 7) is 1.12. The fourth-order valence-corrected chi connectivity index (χ4v) is 3.48. The van der Waals surface area contributed by atoms with Gasteiger partial charge in [0.2, 0.25) is 10.0 Å². The Balaban J connectivity index is 1.71. The smallest absolute Gasteiger partial charge is 0.337 e. The van der Waals surface area contributed by atoms with Gasteiger partial charge in [-0.3, -0.25) is 0 Å². The van der Waals surface area contributed by atoms with Crippen molar-refractivity contribution < 1.29 is 27.4 Å². The Morgan fingerprint density at radius 2 is 1.77 bits per heavy atom. The maximum Gasteiger partial charge on any atom is 0.337 e. The van der Waals surface area contributed by atoms with Crippen molar-refractivity contribution in [2.24, 2.45) is 0 Å². The summed E-state index contributed by atoms with van der Waals surface area (Å²) >= 11 is 0. The highest BCUT2D eigenvalue weighted by Crippen LogP contribution is 2.31. The summed E-state index contributed by atoms with van der Waals surface area (Å²) in [7, 11) is -2.41. The third-order valence-electron chi connectivity index (χ3n) is 3.87. The minimum atomic E-state index is -3.71. The van der Waals surface area contributed by atoms with Crippen LogP contribution in [0.3, 0.4) is 0 Å². The van der Waals surface area contributed by atoms with Crippen molar-refractivity contribution in [3.63, 3.8) is 0 Å². The molecule has 0 unspecified atom stereocenters. The lowest BCUT2D eigenvalue weighted by Gasteiger charge is -2.11. The second kappa shape index (κ2) is 7.76. The van der Waals surface area contributed by atoms with Crippen molar-refractivity contribution in [1.29, 1.82) is 0 Å². The van der Waals surface area contributed by atoms with Crippen LogP contribution in [0.4, 0.5) is 0 Å². The average molecular weight is 377 g/mol. The number of nitrogens with one attached hydrogen (secondary N) is 1. The molecule has 0 bridgehead atoms. The van der Waals surface area contributed by atoms with Gasteiger partial charge in [0.15, 0.2) is 11.5 Å². The maximum absolute atomic E-state index is 12.5. The molecule has 8 heteroatoms. The molecular formula is C18H19NO6S. The van der Waals surface area contributed by atoms with Crippen molar-refractivity contribution in [3.05, 3.63) is 53.6 Å². The molecule has 1 N–H and O–H groups in total. The van der Waals surface area contributed by atoms with Gasteiger partial charge in [-0.1, -0.05) is 12.1 Å². The number of hydrogen-bond acceptors (Lipinski definition) is 6. The van der Waals surface area contributed by atoms with Crippen LogP contribution in [-0.2, 0) is 21.3 Å². The zero-order chi connectivity index (χ0) is 18.6. The van der Waals surface area contributed by atoms with Crippen molar-refractivity contribution in [3.8, 4) is 11.5 Å². The number of sulfonamides is 1. The molecule has 0 aliphatic carbocycles. The highest BCUT2D eigenvalue weighted by Gasteiger charge is 2.18. The number of methoxy groups -OCH3 is 1. The van der Waals surface area contributed by atoms with Crippen molar-refractivity contribution in [2.75, 3.05) is 20.3 Å². The van der Waals surface area contributed by atoms with Crippen molar-refractivity contribution in [2.45, 2.75) is 17.9 Å². The first-order valence-corrected chi connectivity index (χ1v) is 9.54. The normalized spacial score (nSPS) is 13.7. The Hall–Kier alpha value is -2.58. The summed E-state index contributed by atoms with van der Waals surface area (Å²) in [5.74, 6) is 0.525. The largest absolute Gasteiger partial charge is 0.490 e. The van der Waals surface area contributed by atoms with Gasteiger partial charge < -0.3 is 14.2 Å². The van der Waals surface area contributed by atoms with Gasteiger partial charge in [-0.05, 0) is 29.8 Å². The molecule has 2 aromatic carbocycles. The maximum atomic E-state index is 12.5. The molecule has 2 aromatic rings. The lowest BCUT2D eigenvalue weighted by Crippen LogP contribution is -2.23. The molecule has 0 amide bonds. The summed E-state index contributed by atoms with van der Waals surface area (Å²) in [6, 6.07) is 11.1. The number of rotatable bonds is 5. The third kappa shape index (κ3) is 4.14. The molecule has 1 aliphatic heterocycles. The van der Waals surface area contributed by atoms with Crippen LogP contribution < -0.4 is 14.2 Å². The molecule has 0 radical (unpaired) electrons. The second-order valence-electron chi connectivity index (χ2n) is 5.67. The molecule has 0 spiro atoms. The van der Waals surface area contributed by atoms with E-state index in [1.165, 1.54) is 19.2 Å². The predicted octanol–water partition coefficient (Wildman–Crippen LogP) is 2.11. The molecule has 0 saturated heterocycles. The molecule has 1 aliphatic rings. The van der Waals surface area contributed by atoms with Crippen LogP contribution in [0.2, 0.25) is 0 Å². The van der Waals surface area contributed by atoms with E-state index in [4.69, 9.17) is 9.47 Å². The van der Waals surface area contributed by atoms with Crippen LogP contribution in [0.15, 0.2) is 47.4 Å². The molecule has 3 rings (SSSR count). The minimum absolute atomic E-state index is 0.0955. The van der Waals surface area contributed by atoms with Crippen LogP contribution in [0.25, 0.3) is 0 Å². The minimum Gasteiger partial charge on any atom is -0.490 e. The summed E-state index contributed by atoms with van der Waals surface area (Å²) in [5, 5.41) is 0. The first kappa shape index (κ1) is 18.2. The lowest BCUT2D eigenvalue weighted by molar-refractivity contribution is 0.0600. The van der Waals surface area contributed by atoms with E-state index in [1.54, 1.807) is 30.3 Å². The summed E-state index contributed by atoms with van der Waals surface area (Å²) in [5.41, 5.74) is 1.12. The van der Waals surface area contributed by atoms with Gasteiger partial charge in [-0.2, -0.15) is 0 Å². The number of hydrogen-bond donors (Lipinski definition) is 1. The quantitative estimate of drug-likeness (QED) is 0.803. The fourth-order valence-electron chi connectivity index (χ4n) is 2.45. The molecule has 26 heavy (non-hydrogen) atoms. The van der Waals surface area contributed by atoms with Crippen LogP contribution >= 0.6 is 0 Å². The number of carbonyl (C=O) groups excluding carboxylic acids is 1. The van der Waals surface area contributed by atoms with E-state index < -0.39 is 16.0 Å². The number of carbonyl (C=O) groups is 1. The van der Waals surface area contributed by atoms with Crippen molar-refractivity contribution >= 4 is 16.0 Å². The Morgan fingerprint density at radius 3 is 2.46 bits per heavy atom. The fraction of sp³-hybridized carbons (Fsp3) is 0.278. The zero-order valence-corrected chi connectivity index (χ0v) is 15.0. The Morgan fingerprint density at radius 1 is 1.08 bits per heavy atom. The predicted molar refractivity (Wildman–Crippen MR) is 93.9 cm³/mol. The second-order valence-corrected chi connectivity index (χ2v) is 7.44. The van der Waals surface area contributed by atoms with E-state index >= 15 is 0 Å². The van der Waals surface area contributed by atoms with Gasteiger partial charge in [-0.15, -0.1) is 0 Å². The summed E-state index contributed by atoms with van der Waals surface area (Å²) in [6.07, 6.45) is 0.747. The highest BCUT2D eigenvalue weighted by atomic mass is 32.2. The third-order valence-corrected chi connectivity index (χ3v) is 5.27. The molecule has 7 nitrogen and oxygen atoms in total. The van der Waals surface area contributed by atoms with Gasteiger partial charge in [0, 0.05) is 19.0 Å². The summed E-state index contributed by atoms with van der Waals surface area (Å²) in [4.78, 5) is 11.5. The Kier molecular flexibility index (Phi) is 5.43. The average Bonchev–Trinajstić information content (AvgIpc) is 2.91. The topological polar surface area (TPSA) is 90.9 Å². The number of ether oxygens (including phenoxy) is 3. The highest BCUT2D eigenvalue weighted by molar-refractivity contribution is 7.89. The van der Waals surface area contributed by atoms with E-state index in [9.17, 15) is 13.2 Å². The van der Waals surface area contributed by atoms with E-state index in [0.717, 1.165) is 12.0 Å². The van der Waals surface area contributed by atoms with Gasteiger partial charge in [0.1, 0.15) is 0 Å². The molecule has 138 valence electrons. The lowest BCUT2D eigenvalue weighted by atomic mass is 10.1. The number of esters is 1. The van der Waals surface area contributed by atoms with E-state index in [1.807, 2.05) is 0 Å².